The predicted octanol–water partition coefficient (Wildman–Crippen LogP) is 3.03. The van der Waals surface area contributed by atoms with E-state index in [1.165, 1.54) is 19.1 Å². The molecule has 0 aliphatic carbocycles. The van der Waals surface area contributed by atoms with Crippen LogP contribution in [-0.2, 0) is 4.74 Å². The second-order valence-electron chi connectivity index (χ2n) is 7.96. The lowest BCUT2D eigenvalue weighted by Crippen LogP contribution is -2.49. The highest BCUT2D eigenvalue weighted by Crippen LogP contribution is 2.43. The summed E-state index contributed by atoms with van der Waals surface area (Å²) in [7, 11) is 0. The van der Waals surface area contributed by atoms with Gasteiger partial charge >= 0.3 is 0 Å². The Kier molecular flexibility index (Phi) is 4.74. The number of ether oxygens (including phenoxy) is 1. The van der Waals surface area contributed by atoms with Gasteiger partial charge in [0.2, 0.25) is 0 Å². The fourth-order valence-corrected chi connectivity index (χ4v) is 3.64. The minimum Gasteiger partial charge on any atom is -0.505 e. The number of para-hydroxylation sites is 1. The maximum Gasteiger partial charge on any atom is 0.253 e. The third kappa shape index (κ3) is 3.19. The predicted molar refractivity (Wildman–Crippen MR) is 111 cm³/mol. The van der Waals surface area contributed by atoms with E-state index in [1.54, 1.807) is 6.07 Å². The highest BCUT2D eigenvalue weighted by Gasteiger charge is 2.45. The zero-order valence-corrected chi connectivity index (χ0v) is 16.9. The number of furan rings is 1. The number of benzene rings is 1. The zero-order valence-electron chi connectivity index (χ0n) is 16.9. The van der Waals surface area contributed by atoms with Crippen LogP contribution in [0.2, 0.25) is 0 Å². The summed E-state index contributed by atoms with van der Waals surface area (Å²) in [6.07, 6.45) is 0. The first-order chi connectivity index (χ1) is 14.2. The summed E-state index contributed by atoms with van der Waals surface area (Å²) in [5.41, 5.74) is -1.24. The van der Waals surface area contributed by atoms with Crippen molar-refractivity contribution in [1.29, 1.82) is 0 Å². The van der Waals surface area contributed by atoms with Gasteiger partial charge in [0.15, 0.2) is 5.78 Å². The molecule has 1 atom stereocenters. The molecule has 1 aliphatic rings. The average Bonchev–Trinajstić information content (AvgIpc) is 3.12. The van der Waals surface area contributed by atoms with Gasteiger partial charge in [-0.1, -0.05) is 13.0 Å². The normalized spacial score (nSPS) is 16.1. The molecule has 1 fully saturated rings. The summed E-state index contributed by atoms with van der Waals surface area (Å²) in [6, 6.07) is 7.87. The number of ketones is 1. The molecule has 3 N–H and O–H groups in total. The Hall–Kier alpha value is -3.39. The molecule has 0 amide bonds. The fraction of sp³-hybridized carbons (Fsp3) is 0.318. The Labute approximate surface area is 172 Å². The number of anilines is 3. The van der Waals surface area contributed by atoms with E-state index in [4.69, 9.17) is 9.15 Å². The molecule has 1 aromatic heterocycles. The Morgan fingerprint density at radius 3 is 2.40 bits per heavy atom. The van der Waals surface area contributed by atoms with Crippen LogP contribution in [0.3, 0.4) is 0 Å². The molecule has 1 saturated heterocycles. The smallest absolute Gasteiger partial charge is 0.253 e. The number of carbonyl (C=O) groups is 1. The zero-order chi connectivity index (χ0) is 21.6. The highest BCUT2D eigenvalue weighted by atomic mass is 16.5. The molecule has 0 saturated carbocycles. The molecule has 156 valence electrons. The first-order valence-electron chi connectivity index (χ1n) is 9.55. The molecule has 1 unspecified atom stereocenters. The van der Waals surface area contributed by atoms with E-state index in [0.717, 1.165) is 5.76 Å². The number of hydrogen-bond donors (Lipinski definition) is 3. The van der Waals surface area contributed by atoms with Crippen molar-refractivity contribution in [3.63, 3.8) is 0 Å². The molecule has 1 aliphatic heterocycles. The van der Waals surface area contributed by atoms with Crippen molar-refractivity contribution < 1.29 is 19.1 Å². The minimum atomic E-state index is -0.700. The van der Waals surface area contributed by atoms with Crippen molar-refractivity contribution in [2.24, 2.45) is 5.41 Å². The molecule has 2 heterocycles. The second kappa shape index (κ2) is 7.14. The Bertz CT molecular complexity index is 1200. The van der Waals surface area contributed by atoms with Gasteiger partial charge in [0.25, 0.3) is 10.9 Å². The standard InChI is InChI=1S/C22H22N2O6/c1-11-7-8-15(30-11)21(22(3)9-29-10-22)24-17-16(19(27)20(17)28)23-14-6-4-5-13(12(2)25)18(14)26/h4-8,21,23-24,26H,9-10H2,1-3H3. The number of aryl methyl sites for hydroxylation is 1. The summed E-state index contributed by atoms with van der Waals surface area (Å²) in [6.45, 7) is 6.12. The summed E-state index contributed by atoms with van der Waals surface area (Å²) in [4.78, 5) is 36.3. The molecule has 4 rings (SSSR count). The number of carbonyl (C=O) groups excluding carboxylic acids is 1. The first-order valence-corrected chi connectivity index (χ1v) is 9.55. The number of nitrogens with one attached hydrogen (secondary N) is 2. The topological polar surface area (TPSA) is 118 Å². The van der Waals surface area contributed by atoms with Gasteiger partial charge in [0.05, 0.1) is 30.5 Å². The lowest BCUT2D eigenvalue weighted by atomic mass is 9.79. The van der Waals surface area contributed by atoms with Crippen molar-refractivity contribution in [2.45, 2.75) is 26.8 Å². The van der Waals surface area contributed by atoms with Crippen LogP contribution < -0.4 is 21.5 Å². The van der Waals surface area contributed by atoms with Gasteiger partial charge in [-0.2, -0.15) is 0 Å². The van der Waals surface area contributed by atoms with Crippen LogP contribution in [-0.4, -0.2) is 24.1 Å². The van der Waals surface area contributed by atoms with E-state index in [9.17, 15) is 19.5 Å². The van der Waals surface area contributed by atoms with Gasteiger partial charge in [-0.15, -0.1) is 0 Å². The van der Waals surface area contributed by atoms with Crippen molar-refractivity contribution in [3.8, 4) is 5.75 Å². The summed E-state index contributed by atoms with van der Waals surface area (Å²) in [5.74, 6) is 0.779. The molecule has 30 heavy (non-hydrogen) atoms. The fourth-order valence-electron chi connectivity index (χ4n) is 3.64. The van der Waals surface area contributed by atoms with Crippen LogP contribution in [0.4, 0.5) is 17.1 Å². The first kappa shape index (κ1) is 19.9. The van der Waals surface area contributed by atoms with E-state index < -0.39 is 10.9 Å². The van der Waals surface area contributed by atoms with Gasteiger partial charge in [0, 0.05) is 5.41 Å². The number of hydrogen-bond acceptors (Lipinski definition) is 8. The van der Waals surface area contributed by atoms with E-state index in [0.29, 0.717) is 19.0 Å². The lowest BCUT2D eigenvalue weighted by molar-refractivity contribution is -0.115. The van der Waals surface area contributed by atoms with Crippen molar-refractivity contribution >= 4 is 22.8 Å². The van der Waals surface area contributed by atoms with Crippen LogP contribution >= 0.6 is 0 Å². The molecule has 0 bridgehead atoms. The number of phenolic OH excluding ortho intramolecular Hbond substituents is 1. The SMILES string of the molecule is CC(=O)c1cccc(Nc2c(NC(c3ccc(C)o3)C3(C)COC3)c(=O)c2=O)c1O. The highest BCUT2D eigenvalue weighted by molar-refractivity contribution is 5.99. The van der Waals surface area contributed by atoms with Crippen molar-refractivity contribution in [2.75, 3.05) is 23.8 Å². The summed E-state index contributed by atoms with van der Waals surface area (Å²) in [5, 5.41) is 16.3. The number of Topliss-reactive ketones (excluding diaryl/α,β-unsaturated/α-hetero) is 1. The Morgan fingerprint density at radius 2 is 1.83 bits per heavy atom. The summed E-state index contributed by atoms with van der Waals surface area (Å²) >= 11 is 0. The number of aromatic hydroxyl groups is 1. The molecule has 0 radical (unpaired) electrons. The second-order valence-corrected chi connectivity index (χ2v) is 7.96. The molecule has 0 spiro atoms. The van der Waals surface area contributed by atoms with E-state index >= 15 is 0 Å². The minimum absolute atomic E-state index is 0.0353. The van der Waals surface area contributed by atoms with E-state index in [1.807, 2.05) is 26.0 Å². The molecule has 3 aromatic rings. The quantitative estimate of drug-likeness (QED) is 0.309. The molecule has 8 nitrogen and oxygen atoms in total. The average molecular weight is 410 g/mol. The van der Waals surface area contributed by atoms with Crippen molar-refractivity contribution in [1.82, 2.24) is 0 Å². The van der Waals surface area contributed by atoms with Crippen LogP contribution in [0.25, 0.3) is 0 Å². The van der Waals surface area contributed by atoms with E-state index in [2.05, 4.69) is 10.6 Å². The number of phenols is 1. The number of rotatable bonds is 7. The van der Waals surface area contributed by atoms with Crippen LogP contribution in [0.5, 0.6) is 5.75 Å². The summed E-state index contributed by atoms with van der Waals surface area (Å²) < 4.78 is 11.2. The third-order valence-corrected chi connectivity index (χ3v) is 5.48. The Morgan fingerprint density at radius 1 is 1.13 bits per heavy atom. The van der Waals surface area contributed by atoms with Crippen molar-refractivity contribution in [3.05, 3.63) is 67.9 Å². The molecular formula is C22H22N2O6. The maximum absolute atomic E-state index is 12.3. The van der Waals surface area contributed by atoms with E-state index in [-0.39, 0.29) is 45.6 Å². The lowest BCUT2D eigenvalue weighted by Gasteiger charge is -2.44. The molecular weight excluding hydrogens is 388 g/mol. The van der Waals surface area contributed by atoms with Gasteiger partial charge in [-0.25, -0.2) is 0 Å². The van der Waals surface area contributed by atoms with Gasteiger partial charge in [-0.3, -0.25) is 14.4 Å². The van der Waals surface area contributed by atoms with Crippen LogP contribution in [0.15, 0.2) is 44.3 Å². The maximum atomic E-state index is 12.3. The third-order valence-electron chi connectivity index (χ3n) is 5.48. The van der Waals surface area contributed by atoms with Gasteiger partial charge in [0.1, 0.15) is 28.6 Å². The largest absolute Gasteiger partial charge is 0.505 e. The van der Waals surface area contributed by atoms with Gasteiger partial charge < -0.3 is 24.9 Å². The Balaban J connectivity index is 1.68. The molecule has 2 aromatic carbocycles. The molecule has 8 heteroatoms. The van der Waals surface area contributed by atoms with Gasteiger partial charge in [-0.05, 0) is 38.1 Å². The van der Waals surface area contributed by atoms with Crippen LogP contribution in [0, 0.1) is 12.3 Å². The monoisotopic (exact) mass is 410 g/mol. The van der Waals surface area contributed by atoms with Crippen LogP contribution in [0.1, 0.15) is 41.8 Å².